The highest BCUT2D eigenvalue weighted by atomic mass is 19.1. The van der Waals surface area contributed by atoms with E-state index in [1.54, 1.807) is 6.07 Å². The van der Waals surface area contributed by atoms with Gasteiger partial charge in [-0.15, -0.1) is 0 Å². The maximum Gasteiger partial charge on any atom is 0.160 e. The lowest BCUT2D eigenvalue weighted by molar-refractivity contribution is 0.112. The lowest BCUT2D eigenvalue weighted by Crippen LogP contribution is -2.47. The third-order valence-corrected chi connectivity index (χ3v) is 6.90. The van der Waals surface area contributed by atoms with Crippen LogP contribution in [0.4, 0.5) is 4.39 Å². The van der Waals surface area contributed by atoms with Crippen molar-refractivity contribution in [2.45, 2.75) is 32.7 Å². The summed E-state index contributed by atoms with van der Waals surface area (Å²) in [4.78, 5) is 19.3. The fraction of sp³-hybridized carbons (Fsp3) is 0.346. The molecule has 3 heterocycles. The molecular formula is C26H29FN6O. The molecule has 0 unspecified atom stereocenters. The van der Waals surface area contributed by atoms with Crippen LogP contribution < -0.4 is 5.01 Å². The van der Waals surface area contributed by atoms with Crippen molar-refractivity contribution in [3.63, 3.8) is 0 Å². The van der Waals surface area contributed by atoms with Crippen molar-refractivity contribution in [3.8, 4) is 22.5 Å². The summed E-state index contributed by atoms with van der Waals surface area (Å²) >= 11 is 0. The zero-order valence-corrected chi connectivity index (χ0v) is 20.0. The van der Waals surface area contributed by atoms with Crippen molar-refractivity contribution in [2.24, 2.45) is 0 Å². The number of aryl methyl sites for hydroxylation is 2. The van der Waals surface area contributed by atoms with E-state index in [1.165, 1.54) is 6.07 Å². The molecule has 0 atom stereocenters. The molecule has 1 saturated heterocycles. The van der Waals surface area contributed by atoms with Crippen molar-refractivity contribution in [1.29, 1.82) is 0 Å². The molecule has 0 amide bonds. The molecule has 34 heavy (non-hydrogen) atoms. The maximum atomic E-state index is 15.5. The van der Waals surface area contributed by atoms with Crippen molar-refractivity contribution < 1.29 is 9.18 Å². The first-order valence-electron chi connectivity index (χ1n) is 11.6. The molecule has 176 valence electrons. The van der Waals surface area contributed by atoms with Crippen LogP contribution in [-0.4, -0.2) is 64.3 Å². The number of nitrogens with one attached hydrogen (secondary N) is 1. The first-order chi connectivity index (χ1) is 16.4. The number of aromatic amines is 1. The molecular weight excluding hydrogens is 431 g/mol. The molecule has 8 heteroatoms. The van der Waals surface area contributed by atoms with Crippen molar-refractivity contribution in [1.82, 2.24) is 24.8 Å². The summed E-state index contributed by atoms with van der Waals surface area (Å²) in [5.74, 6) is 0.177. The second-order valence-electron chi connectivity index (χ2n) is 9.23. The Balaban J connectivity index is 1.66. The zero-order chi connectivity index (χ0) is 24.0. The summed E-state index contributed by atoms with van der Waals surface area (Å²) in [6, 6.07) is 11.5. The van der Waals surface area contributed by atoms with Gasteiger partial charge in [-0.25, -0.2) is 14.1 Å². The molecule has 4 aromatic rings. The first kappa shape index (κ1) is 22.3. The van der Waals surface area contributed by atoms with Gasteiger partial charge in [0.25, 0.3) is 0 Å². The largest absolute Gasteiger partial charge is 0.311 e. The SMILES string of the molecule is Cc1n[nH]c(C)c1-c1cc(C=O)c(-c2nc3ccccc3n2N2CCC(N(C)C)CC2)cc1F. The number of piperidine rings is 1. The van der Waals surface area contributed by atoms with E-state index in [9.17, 15) is 4.79 Å². The lowest BCUT2D eigenvalue weighted by atomic mass is 9.97. The van der Waals surface area contributed by atoms with E-state index in [0.717, 1.165) is 48.9 Å². The number of halogens is 1. The maximum absolute atomic E-state index is 15.5. The molecule has 2 aromatic heterocycles. The quantitative estimate of drug-likeness (QED) is 0.449. The number of hydrogen-bond acceptors (Lipinski definition) is 5. The number of rotatable bonds is 5. The fourth-order valence-corrected chi connectivity index (χ4v) is 5.06. The number of fused-ring (bicyclic) bond motifs is 1. The Hall–Kier alpha value is -3.52. The summed E-state index contributed by atoms with van der Waals surface area (Å²) in [6.45, 7) is 5.37. The number of nitrogens with zero attached hydrogens (tertiary/aromatic N) is 5. The molecule has 7 nitrogen and oxygen atoms in total. The van der Waals surface area contributed by atoms with Gasteiger partial charge in [0.1, 0.15) is 5.82 Å². The predicted molar refractivity (Wildman–Crippen MR) is 132 cm³/mol. The van der Waals surface area contributed by atoms with Crippen LogP contribution in [0, 0.1) is 19.7 Å². The molecule has 1 aliphatic rings. The fourth-order valence-electron chi connectivity index (χ4n) is 5.06. The first-order valence-corrected chi connectivity index (χ1v) is 11.6. The highest BCUT2D eigenvalue weighted by molar-refractivity contribution is 5.91. The van der Waals surface area contributed by atoms with Gasteiger partial charge in [-0.05, 0) is 65.0 Å². The molecule has 1 fully saturated rings. The Morgan fingerprint density at radius 2 is 1.85 bits per heavy atom. The number of hydrogen-bond donors (Lipinski definition) is 1. The third-order valence-electron chi connectivity index (χ3n) is 6.90. The van der Waals surface area contributed by atoms with Crippen LogP contribution in [0.2, 0.25) is 0 Å². The molecule has 1 aliphatic heterocycles. The minimum atomic E-state index is -0.405. The van der Waals surface area contributed by atoms with Gasteiger partial charge in [0, 0.05) is 47.1 Å². The Bertz CT molecular complexity index is 1340. The molecule has 0 bridgehead atoms. The summed E-state index contributed by atoms with van der Waals surface area (Å²) in [5, 5.41) is 9.34. The van der Waals surface area contributed by atoms with Crippen molar-refractivity contribution >= 4 is 17.3 Å². The van der Waals surface area contributed by atoms with Gasteiger partial charge in [-0.3, -0.25) is 9.89 Å². The van der Waals surface area contributed by atoms with Gasteiger partial charge in [0.15, 0.2) is 12.1 Å². The number of imidazole rings is 1. The van der Waals surface area contributed by atoms with Gasteiger partial charge in [-0.2, -0.15) is 5.10 Å². The number of carbonyl (C=O) groups excluding carboxylic acids is 1. The number of benzene rings is 2. The summed E-state index contributed by atoms with van der Waals surface area (Å²) in [5.41, 5.74) is 5.15. The normalized spacial score (nSPS) is 14.9. The Kier molecular flexibility index (Phi) is 5.69. The monoisotopic (exact) mass is 460 g/mol. The predicted octanol–water partition coefficient (Wildman–Crippen LogP) is 4.32. The third kappa shape index (κ3) is 3.68. The second-order valence-corrected chi connectivity index (χ2v) is 9.23. The summed E-state index contributed by atoms with van der Waals surface area (Å²) in [7, 11) is 4.23. The van der Waals surface area contributed by atoms with Crippen molar-refractivity contribution in [2.75, 3.05) is 32.2 Å². The van der Waals surface area contributed by atoms with Crippen LogP contribution in [0.15, 0.2) is 36.4 Å². The van der Waals surface area contributed by atoms with Gasteiger partial charge >= 0.3 is 0 Å². The van der Waals surface area contributed by atoms with E-state index >= 15 is 4.39 Å². The standard InChI is InChI=1S/C26H29FN6O/c1-16-25(17(2)30-29-16)21-13-18(15-34)20(14-22(21)27)26-28-23-7-5-6-8-24(23)33(26)32-11-9-19(10-12-32)31(3)4/h5-8,13-15,19H,9-12H2,1-4H3,(H,29,30). The topological polar surface area (TPSA) is 70.0 Å². The Morgan fingerprint density at radius 3 is 2.50 bits per heavy atom. The number of para-hydroxylation sites is 2. The second kappa shape index (κ2) is 8.68. The molecule has 0 saturated carbocycles. The van der Waals surface area contributed by atoms with E-state index in [-0.39, 0.29) is 0 Å². The molecule has 0 aliphatic carbocycles. The summed E-state index contributed by atoms with van der Waals surface area (Å²) in [6.07, 6.45) is 2.82. The van der Waals surface area contributed by atoms with E-state index in [2.05, 4.69) is 38.9 Å². The van der Waals surface area contributed by atoms with Gasteiger partial charge in [0.2, 0.25) is 0 Å². The molecule has 2 aromatic carbocycles. The van der Waals surface area contributed by atoms with Gasteiger partial charge in [0.05, 0.1) is 16.7 Å². The van der Waals surface area contributed by atoms with E-state index < -0.39 is 5.82 Å². The smallest absolute Gasteiger partial charge is 0.160 e. The Labute approximate surface area is 198 Å². The van der Waals surface area contributed by atoms with E-state index in [4.69, 9.17) is 4.98 Å². The molecule has 0 radical (unpaired) electrons. The summed E-state index contributed by atoms with van der Waals surface area (Å²) < 4.78 is 17.6. The van der Waals surface area contributed by atoms with Crippen LogP contribution in [-0.2, 0) is 0 Å². The van der Waals surface area contributed by atoms with Crippen LogP contribution in [0.5, 0.6) is 0 Å². The highest BCUT2D eigenvalue weighted by Crippen LogP contribution is 2.35. The average molecular weight is 461 g/mol. The number of aromatic nitrogens is 4. The highest BCUT2D eigenvalue weighted by Gasteiger charge is 2.26. The number of carbonyl (C=O) groups is 1. The number of H-pyrrole nitrogens is 1. The van der Waals surface area contributed by atoms with Crippen molar-refractivity contribution in [3.05, 3.63) is 59.2 Å². The Morgan fingerprint density at radius 1 is 1.12 bits per heavy atom. The average Bonchev–Trinajstić information content (AvgIpc) is 3.38. The van der Waals surface area contributed by atoms with Gasteiger partial charge in [-0.1, -0.05) is 12.1 Å². The molecule has 5 rings (SSSR count). The minimum Gasteiger partial charge on any atom is -0.311 e. The number of aldehydes is 1. The van der Waals surface area contributed by atoms with Crippen LogP contribution in [0.25, 0.3) is 33.5 Å². The van der Waals surface area contributed by atoms with Gasteiger partial charge < -0.3 is 9.91 Å². The molecule has 0 spiro atoms. The molecule has 1 N–H and O–H groups in total. The lowest BCUT2D eigenvalue weighted by Gasteiger charge is -2.37. The van der Waals surface area contributed by atoms with Crippen LogP contribution in [0.1, 0.15) is 34.6 Å². The van der Waals surface area contributed by atoms with E-state index in [0.29, 0.717) is 39.8 Å². The van der Waals surface area contributed by atoms with Crippen LogP contribution >= 0.6 is 0 Å². The minimum absolute atomic E-state index is 0.365. The zero-order valence-electron chi connectivity index (χ0n) is 20.0. The van der Waals surface area contributed by atoms with E-state index in [1.807, 2.05) is 38.1 Å². The van der Waals surface area contributed by atoms with Crippen LogP contribution in [0.3, 0.4) is 0 Å².